The summed E-state index contributed by atoms with van der Waals surface area (Å²) in [6.45, 7) is 0. The van der Waals surface area contributed by atoms with Crippen LogP contribution < -0.4 is 9.64 Å². The van der Waals surface area contributed by atoms with Crippen molar-refractivity contribution in [1.82, 2.24) is 4.90 Å². The van der Waals surface area contributed by atoms with E-state index in [9.17, 15) is 19.2 Å². The summed E-state index contributed by atoms with van der Waals surface area (Å²) in [5, 5.41) is 0.469. The number of halogens is 2. The van der Waals surface area contributed by atoms with Gasteiger partial charge in [0.1, 0.15) is 11.8 Å². The van der Waals surface area contributed by atoms with Crippen molar-refractivity contribution in [2.24, 2.45) is 11.8 Å². The molecular formula is C31H22BrClN2O5. The molecule has 4 atom stereocenters. The molecule has 0 radical (unpaired) electrons. The molecule has 0 aromatic heterocycles. The molecule has 200 valence electrons. The van der Waals surface area contributed by atoms with Crippen LogP contribution in [0.4, 0.5) is 5.69 Å². The van der Waals surface area contributed by atoms with E-state index in [0.717, 1.165) is 4.90 Å². The predicted octanol–water partition coefficient (Wildman–Crippen LogP) is 5.49. The summed E-state index contributed by atoms with van der Waals surface area (Å²) in [6, 6.07) is 18.6. The highest BCUT2D eigenvalue weighted by molar-refractivity contribution is 9.10. The number of amides is 2. The summed E-state index contributed by atoms with van der Waals surface area (Å²) in [7, 11) is 1.53. The molecular weight excluding hydrogens is 596 g/mol. The largest absolute Gasteiger partial charge is 0.496 e. The van der Waals surface area contributed by atoms with E-state index in [0.29, 0.717) is 37.6 Å². The van der Waals surface area contributed by atoms with Crippen molar-refractivity contribution in [3.8, 4) is 5.75 Å². The molecule has 7 nitrogen and oxygen atoms in total. The third-order valence-corrected chi connectivity index (χ3v) is 8.51. The Labute approximate surface area is 243 Å². The highest BCUT2D eigenvalue weighted by Crippen LogP contribution is 2.47. The molecule has 0 N–H and O–H groups in total. The van der Waals surface area contributed by atoms with Crippen LogP contribution >= 0.6 is 27.5 Å². The number of ether oxygens (including phenoxy) is 1. The number of imide groups is 1. The van der Waals surface area contributed by atoms with Crippen LogP contribution in [0.1, 0.15) is 20.7 Å². The Hall–Kier alpha value is -4.01. The van der Waals surface area contributed by atoms with Gasteiger partial charge in [-0.3, -0.25) is 19.2 Å². The van der Waals surface area contributed by atoms with E-state index in [1.54, 1.807) is 90.0 Å². The number of methoxy groups -OCH3 is 1. The zero-order valence-electron chi connectivity index (χ0n) is 21.2. The minimum atomic E-state index is -0.954. The Morgan fingerprint density at radius 1 is 0.900 bits per heavy atom. The van der Waals surface area contributed by atoms with Gasteiger partial charge in [0, 0.05) is 27.9 Å². The summed E-state index contributed by atoms with van der Waals surface area (Å²) in [5.74, 6) is -2.64. The standard InChI is InChI=1S/C31H22BrClN2O5/c1-40-24-12-7-18(15-22(24)32)29(37)27-26-25(30(38)35(31(26)39)21-10-8-20(33)9-11-21)23-16-19(13-14-34(23)27)28(36)17-5-3-2-4-6-17/h2-16,23,25-27H,1H3/t23-,25-,26+,27-/m0/s1. The smallest absolute Gasteiger partial charge is 0.240 e. The molecule has 3 aliphatic heterocycles. The fourth-order valence-corrected chi connectivity index (χ4v) is 6.46. The maximum Gasteiger partial charge on any atom is 0.240 e. The predicted molar refractivity (Wildman–Crippen MR) is 153 cm³/mol. The van der Waals surface area contributed by atoms with Gasteiger partial charge in [-0.1, -0.05) is 48.0 Å². The molecule has 3 aromatic carbocycles. The van der Waals surface area contributed by atoms with E-state index in [1.807, 2.05) is 6.07 Å². The van der Waals surface area contributed by atoms with Crippen molar-refractivity contribution in [1.29, 1.82) is 0 Å². The van der Waals surface area contributed by atoms with Crippen molar-refractivity contribution in [3.63, 3.8) is 0 Å². The third-order valence-electron chi connectivity index (χ3n) is 7.64. The zero-order valence-corrected chi connectivity index (χ0v) is 23.5. The summed E-state index contributed by atoms with van der Waals surface area (Å²) in [6.07, 6.45) is 5.01. The molecule has 0 spiro atoms. The molecule has 3 heterocycles. The Bertz CT molecular complexity index is 1620. The number of fused-ring (bicyclic) bond motifs is 3. The van der Waals surface area contributed by atoms with Gasteiger partial charge >= 0.3 is 0 Å². The Morgan fingerprint density at radius 3 is 2.27 bits per heavy atom. The number of ketones is 2. The van der Waals surface area contributed by atoms with E-state index >= 15 is 0 Å². The first-order valence-electron chi connectivity index (χ1n) is 12.6. The number of rotatable bonds is 6. The first-order chi connectivity index (χ1) is 19.3. The number of nitrogens with zero attached hydrogens (tertiary/aromatic N) is 2. The lowest BCUT2D eigenvalue weighted by Gasteiger charge is -2.33. The summed E-state index contributed by atoms with van der Waals surface area (Å²) in [5.41, 5.74) is 1.66. The van der Waals surface area contributed by atoms with E-state index in [2.05, 4.69) is 15.9 Å². The van der Waals surface area contributed by atoms with Gasteiger partial charge in [0.25, 0.3) is 0 Å². The highest BCUT2D eigenvalue weighted by Gasteiger charge is 2.63. The van der Waals surface area contributed by atoms with Crippen LogP contribution in [-0.2, 0) is 9.59 Å². The molecule has 0 bridgehead atoms. The van der Waals surface area contributed by atoms with Gasteiger partial charge in [-0.15, -0.1) is 0 Å². The van der Waals surface area contributed by atoms with Crippen LogP contribution in [0.25, 0.3) is 0 Å². The number of hydrogen-bond acceptors (Lipinski definition) is 6. The second-order valence-corrected chi connectivity index (χ2v) is 11.1. The van der Waals surface area contributed by atoms with Crippen molar-refractivity contribution in [2.45, 2.75) is 12.1 Å². The number of hydrogen-bond donors (Lipinski definition) is 0. The SMILES string of the molecule is COc1ccc(C(=O)[C@@H]2[C@@H]3C(=O)N(c4ccc(Cl)cc4)C(=O)[C@H]3[C@@H]3C=C(C(=O)c4ccccc4)C=CN23)cc1Br. The lowest BCUT2D eigenvalue weighted by molar-refractivity contribution is -0.123. The van der Waals surface area contributed by atoms with Gasteiger partial charge in [0.05, 0.1) is 35.1 Å². The molecule has 3 aromatic rings. The molecule has 0 unspecified atom stereocenters. The number of allylic oxidation sites excluding steroid dienone is 2. The van der Waals surface area contributed by atoms with Crippen LogP contribution in [-0.4, -0.2) is 47.5 Å². The Morgan fingerprint density at radius 2 is 1.60 bits per heavy atom. The number of anilines is 1. The third kappa shape index (κ3) is 4.19. The van der Waals surface area contributed by atoms with Gasteiger partial charge in [0.15, 0.2) is 11.6 Å². The van der Waals surface area contributed by atoms with Crippen molar-refractivity contribution < 1.29 is 23.9 Å². The van der Waals surface area contributed by atoms with Crippen molar-refractivity contribution >= 4 is 56.6 Å². The lowest BCUT2D eigenvalue weighted by Crippen LogP contribution is -2.46. The fourth-order valence-electron chi connectivity index (χ4n) is 5.79. The molecule has 0 saturated carbocycles. The molecule has 2 amide bonds. The summed E-state index contributed by atoms with van der Waals surface area (Å²) in [4.78, 5) is 58.0. The molecule has 2 saturated heterocycles. The average molecular weight is 618 g/mol. The van der Waals surface area contributed by atoms with Crippen LogP contribution in [0, 0.1) is 11.8 Å². The molecule has 6 rings (SSSR count). The molecule has 9 heteroatoms. The maximum absolute atomic E-state index is 14.0. The van der Waals surface area contributed by atoms with Crippen LogP contribution in [0.5, 0.6) is 5.75 Å². The van der Waals surface area contributed by atoms with Gasteiger partial charge in [-0.25, -0.2) is 4.90 Å². The average Bonchev–Trinajstić information content (AvgIpc) is 3.44. The second-order valence-electron chi connectivity index (χ2n) is 9.77. The first-order valence-corrected chi connectivity index (χ1v) is 13.8. The van der Waals surface area contributed by atoms with E-state index in [-0.39, 0.29) is 11.6 Å². The Balaban J connectivity index is 1.43. The summed E-state index contributed by atoms with van der Waals surface area (Å²) >= 11 is 9.47. The van der Waals surface area contributed by atoms with Gasteiger partial charge in [0.2, 0.25) is 11.8 Å². The number of Topliss-reactive ketones (excluding diaryl/α,β-unsaturated/α-hetero) is 2. The van der Waals surface area contributed by atoms with Crippen LogP contribution in [0.3, 0.4) is 0 Å². The summed E-state index contributed by atoms with van der Waals surface area (Å²) < 4.78 is 5.89. The van der Waals surface area contributed by atoms with Crippen LogP contribution in [0.15, 0.2) is 101 Å². The van der Waals surface area contributed by atoms with Crippen LogP contribution in [0.2, 0.25) is 5.02 Å². The number of carbonyl (C=O) groups excluding carboxylic acids is 4. The quantitative estimate of drug-likeness (QED) is 0.269. The monoisotopic (exact) mass is 616 g/mol. The first kappa shape index (κ1) is 26.2. The minimum Gasteiger partial charge on any atom is -0.496 e. The van der Waals surface area contributed by atoms with Crippen molar-refractivity contribution in [2.75, 3.05) is 12.0 Å². The highest BCUT2D eigenvalue weighted by atomic mass is 79.9. The minimum absolute atomic E-state index is 0.201. The molecule has 2 fully saturated rings. The molecule has 3 aliphatic rings. The topological polar surface area (TPSA) is 84.0 Å². The number of benzene rings is 3. The molecule has 0 aliphatic carbocycles. The normalized spacial score (nSPS) is 23.1. The van der Waals surface area contributed by atoms with Crippen molar-refractivity contribution in [3.05, 3.63) is 117 Å². The number of carbonyl (C=O) groups is 4. The molecule has 40 heavy (non-hydrogen) atoms. The second kappa shape index (κ2) is 10.2. The maximum atomic E-state index is 14.0. The fraction of sp³-hybridized carbons (Fsp3) is 0.161. The van der Waals surface area contributed by atoms with Gasteiger partial charge < -0.3 is 9.64 Å². The van der Waals surface area contributed by atoms with Gasteiger partial charge in [-0.2, -0.15) is 0 Å². The van der Waals surface area contributed by atoms with E-state index in [4.69, 9.17) is 16.3 Å². The van der Waals surface area contributed by atoms with E-state index in [1.165, 1.54) is 7.11 Å². The Kier molecular flexibility index (Phi) is 6.68. The zero-order chi connectivity index (χ0) is 28.1. The lowest BCUT2D eigenvalue weighted by atomic mass is 9.85. The van der Waals surface area contributed by atoms with Gasteiger partial charge in [-0.05, 0) is 64.5 Å². The van der Waals surface area contributed by atoms with E-state index < -0.39 is 35.7 Å².